The Balaban J connectivity index is 2.21. The van der Waals surface area contributed by atoms with E-state index in [0.29, 0.717) is 11.3 Å². The normalized spacial score (nSPS) is 13.0. The van der Waals surface area contributed by atoms with E-state index in [1.807, 2.05) is 0 Å². The lowest BCUT2D eigenvalue weighted by Crippen LogP contribution is -2.53. The fourth-order valence-corrected chi connectivity index (χ4v) is 3.34. The number of carbonyl (C=O) groups is 4. The Morgan fingerprint density at radius 1 is 0.889 bits per heavy atom. The smallest absolute Gasteiger partial charge is 0.468 e. The van der Waals surface area contributed by atoms with Crippen LogP contribution in [0.25, 0.3) is 0 Å². The van der Waals surface area contributed by atoms with Crippen LogP contribution in [0.1, 0.15) is 45.6 Å². The summed E-state index contributed by atoms with van der Waals surface area (Å²) in [4.78, 5) is 48.4. The Kier molecular flexibility index (Phi) is 10.4. The van der Waals surface area contributed by atoms with Gasteiger partial charge in [0, 0.05) is 25.7 Å². The summed E-state index contributed by atoms with van der Waals surface area (Å²) in [7, 11) is 1.20. The summed E-state index contributed by atoms with van der Waals surface area (Å²) in [5.41, 5.74) is 5.33. The van der Waals surface area contributed by atoms with Crippen molar-refractivity contribution in [1.29, 1.82) is 0 Å². The molecule has 1 unspecified atom stereocenters. The molecule has 0 bridgehead atoms. The highest BCUT2D eigenvalue weighted by Gasteiger charge is 2.38. The number of para-hydroxylation sites is 1. The molecule has 2 N–H and O–H groups in total. The van der Waals surface area contributed by atoms with E-state index in [9.17, 15) is 19.2 Å². The lowest BCUT2D eigenvalue weighted by atomic mass is 9.86. The van der Waals surface area contributed by atoms with Crippen molar-refractivity contribution in [2.45, 2.75) is 58.1 Å². The van der Waals surface area contributed by atoms with Crippen LogP contribution in [-0.2, 0) is 30.3 Å². The van der Waals surface area contributed by atoms with E-state index >= 15 is 0 Å². The van der Waals surface area contributed by atoms with Crippen molar-refractivity contribution < 1.29 is 42.9 Å². The summed E-state index contributed by atoms with van der Waals surface area (Å²) < 4.78 is 25.8. The van der Waals surface area contributed by atoms with E-state index in [1.54, 1.807) is 57.2 Å². The van der Waals surface area contributed by atoms with Gasteiger partial charge in [0.15, 0.2) is 11.5 Å². The second-order valence-corrected chi connectivity index (χ2v) is 8.06. The quantitative estimate of drug-likeness (QED) is 0.275. The summed E-state index contributed by atoms with van der Waals surface area (Å²) in [6.45, 7) is 4.82. The number of nitrogens with two attached hydrogens (primary N) is 1. The molecule has 36 heavy (non-hydrogen) atoms. The molecule has 0 saturated carbocycles. The monoisotopic (exact) mass is 501 g/mol. The largest absolute Gasteiger partial charge is 0.514 e. The van der Waals surface area contributed by atoms with E-state index < -0.39 is 35.7 Å². The molecule has 2 atom stereocenters. The van der Waals surface area contributed by atoms with Gasteiger partial charge in [-0.05, 0) is 36.8 Å². The summed E-state index contributed by atoms with van der Waals surface area (Å²) in [6.07, 6.45) is -1.69. The van der Waals surface area contributed by atoms with Gasteiger partial charge in [-0.2, -0.15) is 0 Å². The van der Waals surface area contributed by atoms with Gasteiger partial charge in [0.2, 0.25) is 0 Å². The Labute approximate surface area is 209 Å². The molecule has 2 aromatic carbocycles. The van der Waals surface area contributed by atoms with Gasteiger partial charge in [-0.3, -0.25) is 14.4 Å². The molecule has 2 rings (SSSR count). The minimum Gasteiger partial charge on any atom is -0.468 e. The van der Waals surface area contributed by atoms with Crippen LogP contribution in [-0.4, -0.2) is 42.8 Å². The van der Waals surface area contributed by atoms with Gasteiger partial charge in [0.1, 0.15) is 17.4 Å². The summed E-state index contributed by atoms with van der Waals surface area (Å²) in [5.74, 6) is -1.39. The maximum absolute atomic E-state index is 12.6. The first-order valence-corrected chi connectivity index (χ1v) is 11.4. The first-order chi connectivity index (χ1) is 17.1. The second kappa shape index (κ2) is 13.2. The molecular formula is C26H31NO9. The maximum atomic E-state index is 12.6. The highest BCUT2D eigenvalue weighted by atomic mass is 16.7. The van der Waals surface area contributed by atoms with Crippen molar-refractivity contribution in [3.63, 3.8) is 0 Å². The van der Waals surface area contributed by atoms with Gasteiger partial charge in [-0.15, -0.1) is 0 Å². The van der Waals surface area contributed by atoms with Crippen molar-refractivity contribution in [1.82, 2.24) is 0 Å². The molecule has 0 amide bonds. The molecule has 10 nitrogen and oxygen atoms in total. The standard InChI is InChI=1S/C26H31NO9/c1-5-22(28)35-20-13-12-18(14-21(20)36-23(29)6-2)16-26(27,24(30)32-4)15-17(3)33-25(31)34-19-10-8-7-9-11-19/h7-14,17H,5-6,15-16,27H2,1-4H3/t17?,26-/m1/s1. The molecule has 0 aliphatic heterocycles. The molecule has 0 heterocycles. The number of hydrogen-bond donors (Lipinski definition) is 1. The summed E-state index contributed by atoms with van der Waals surface area (Å²) >= 11 is 0. The number of carbonyl (C=O) groups excluding carboxylic acids is 4. The van der Waals surface area contributed by atoms with Crippen LogP contribution in [0.4, 0.5) is 4.79 Å². The van der Waals surface area contributed by atoms with Crippen molar-refractivity contribution in [3.05, 3.63) is 54.1 Å². The fraction of sp³-hybridized carbons (Fsp3) is 0.385. The Morgan fingerprint density at radius 2 is 1.50 bits per heavy atom. The number of hydrogen-bond acceptors (Lipinski definition) is 10. The highest BCUT2D eigenvalue weighted by molar-refractivity contribution is 5.81. The van der Waals surface area contributed by atoms with Crippen molar-refractivity contribution in [2.24, 2.45) is 5.73 Å². The van der Waals surface area contributed by atoms with Gasteiger partial charge in [-0.25, -0.2) is 4.79 Å². The lowest BCUT2D eigenvalue weighted by molar-refractivity contribution is -0.148. The average Bonchev–Trinajstić information content (AvgIpc) is 2.85. The van der Waals surface area contributed by atoms with E-state index in [0.717, 1.165) is 0 Å². The predicted octanol–water partition coefficient (Wildman–Crippen LogP) is 3.72. The first-order valence-electron chi connectivity index (χ1n) is 11.4. The Bertz CT molecular complexity index is 1070. The number of methoxy groups -OCH3 is 1. The van der Waals surface area contributed by atoms with Crippen molar-refractivity contribution in [3.8, 4) is 17.2 Å². The zero-order valence-electron chi connectivity index (χ0n) is 20.8. The first kappa shape index (κ1) is 28.3. The molecular weight excluding hydrogens is 470 g/mol. The van der Waals surface area contributed by atoms with Crippen LogP contribution in [0.3, 0.4) is 0 Å². The van der Waals surface area contributed by atoms with Crippen LogP contribution >= 0.6 is 0 Å². The number of benzene rings is 2. The number of esters is 3. The minimum atomic E-state index is -1.60. The third-order valence-electron chi connectivity index (χ3n) is 5.04. The topological polar surface area (TPSA) is 140 Å². The summed E-state index contributed by atoms with van der Waals surface area (Å²) in [6, 6.07) is 12.9. The van der Waals surface area contributed by atoms with Crippen LogP contribution < -0.4 is 19.9 Å². The van der Waals surface area contributed by atoms with Crippen LogP contribution in [0.5, 0.6) is 17.2 Å². The minimum absolute atomic E-state index is 0.0177. The van der Waals surface area contributed by atoms with Gasteiger partial charge < -0.3 is 29.4 Å². The van der Waals surface area contributed by atoms with Crippen LogP contribution in [0, 0.1) is 0 Å². The molecule has 194 valence electrons. The lowest BCUT2D eigenvalue weighted by Gasteiger charge is -2.29. The molecule has 0 fully saturated rings. The average molecular weight is 502 g/mol. The van der Waals surface area contributed by atoms with Gasteiger partial charge in [-0.1, -0.05) is 38.1 Å². The van der Waals surface area contributed by atoms with E-state index in [1.165, 1.54) is 19.2 Å². The Morgan fingerprint density at radius 3 is 2.08 bits per heavy atom. The molecule has 0 saturated heterocycles. The summed E-state index contributed by atoms with van der Waals surface area (Å²) in [5, 5.41) is 0. The number of rotatable bonds is 11. The third kappa shape index (κ3) is 8.38. The molecule has 0 aliphatic rings. The van der Waals surface area contributed by atoms with Crippen molar-refractivity contribution >= 4 is 24.1 Å². The van der Waals surface area contributed by atoms with Crippen molar-refractivity contribution in [2.75, 3.05) is 7.11 Å². The molecule has 0 aromatic heterocycles. The zero-order chi connectivity index (χ0) is 26.7. The fourth-order valence-electron chi connectivity index (χ4n) is 3.34. The SMILES string of the molecule is CCC(=O)Oc1ccc(C[C@](N)(CC(C)OC(=O)Oc2ccccc2)C(=O)OC)cc1OC(=O)CC. The van der Waals surface area contributed by atoms with Crippen LogP contribution in [0.2, 0.25) is 0 Å². The molecule has 2 aromatic rings. The van der Waals surface area contributed by atoms with E-state index in [2.05, 4.69) is 0 Å². The number of ether oxygens (including phenoxy) is 5. The maximum Gasteiger partial charge on any atom is 0.514 e. The predicted molar refractivity (Wildman–Crippen MR) is 129 cm³/mol. The van der Waals surface area contributed by atoms with Crippen LogP contribution in [0.15, 0.2) is 48.5 Å². The third-order valence-corrected chi connectivity index (χ3v) is 5.04. The molecule has 0 spiro atoms. The van der Waals surface area contributed by atoms with E-state index in [4.69, 9.17) is 29.4 Å². The van der Waals surface area contributed by atoms with Gasteiger partial charge in [0.05, 0.1) is 7.11 Å². The highest BCUT2D eigenvalue weighted by Crippen LogP contribution is 2.31. The zero-order valence-corrected chi connectivity index (χ0v) is 20.8. The van der Waals surface area contributed by atoms with Gasteiger partial charge >= 0.3 is 24.1 Å². The van der Waals surface area contributed by atoms with E-state index in [-0.39, 0.29) is 37.2 Å². The molecule has 10 heteroatoms. The van der Waals surface area contributed by atoms with Gasteiger partial charge in [0.25, 0.3) is 0 Å². The Hall–Kier alpha value is -3.92. The second-order valence-electron chi connectivity index (χ2n) is 8.06. The molecule has 0 radical (unpaired) electrons. The molecule has 0 aliphatic carbocycles.